The highest BCUT2D eigenvalue weighted by Crippen LogP contribution is 2.16. The van der Waals surface area contributed by atoms with Gasteiger partial charge in [0.1, 0.15) is 12.4 Å². The molecule has 0 bridgehead atoms. The highest BCUT2D eigenvalue weighted by Gasteiger charge is 2.19. The van der Waals surface area contributed by atoms with E-state index < -0.39 is 0 Å². The molecule has 8 heteroatoms. The fourth-order valence-electron chi connectivity index (χ4n) is 4.10. The number of rotatable bonds is 9. The monoisotopic (exact) mass is 463 g/mol. The Morgan fingerprint density at radius 1 is 1.18 bits per heavy atom. The van der Waals surface area contributed by atoms with Crippen LogP contribution in [0.4, 0.5) is 0 Å². The summed E-state index contributed by atoms with van der Waals surface area (Å²) in [4.78, 5) is 15.1. The number of ether oxygens (including phenoxy) is 2. The molecule has 8 nitrogen and oxygen atoms in total. The van der Waals surface area contributed by atoms with Crippen molar-refractivity contribution in [3.8, 4) is 11.4 Å². The van der Waals surface area contributed by atoms with Gasteiger partial charge in [0.25, 0.3) is 5.91 Å². The molecule has 0 aliphatic carbocycles. The van der Waals surface area contributed by atoms with Crippen molar-refractivity contribution in [2.75, 3.05) is 33.4 Å². The van der Waals surface area contributed by atoms with Crippen molar-refractivity contribution in [1.29, 1.82) is 0 Å². The van der Waals surface area contributed by atoms with Crippen molar-refractivity contribution in [3.05, 3.63) is 71.0 Å². The number of nitrogens with zero attached hydrogens (tertiary/aromatic N) is 4. The van der Waals surface area contributed by atoms with Crippen molar-refractivity contribution >= 4 is 5.91 Å². The molecule has 1 aromatic heterocycles. The summed E-state index contributed by atoms with van der Waals surface area (Å²) in [6, 6.07) is 16.3. The van der Waals surface area contributed by atoms with Crippen LogP contribution in [0.1, 0.15) is 40.2 Å². The molecule has 4 rings (SSSR count). The first-order chi connectivity index (χ1) is 16.5. The molecule has 0 radical (unpaired) electrons. The molecule has 1 aliphatic heterocycles. The molecule has 0 spiro atoms. The lowest BCUT2D eigenvalue weighted by Gasteiger charge is -2.31. The molecular weight excluding hydrogens is 430 g/mol. The average molecular weight is 464 g/mol. The highest BCUT2D eigenvalue weighted by molar-refractivity contribution is 5.93. The maximum absolute atomic E-state index is 12.7. The van der Waals surface area contributed by atoms with Gasteiger partial charge in [0.15, 0.2) is 5.69 Å². The average Bonchev–Trinajstić information content (AvgIpc) is 3.25. The molecule has 34 heavy (non-hydrogen) atoms. The van der Waals surface area contributed by atoms with Crippen LogP contribution in [0.5, 0.6) is 5.75 Å². The zero-order chi connectivity index (χ0) is 23.9. The lowest BCUT2D eigenvalue weighted by atomic mass is 10.1. The van der Waals surface area contributed by atoms with E-state index in [1.165, 1.54) is 0 Å². The van der Waals surface area contributed by atoms with Gasteiger partial charge < -0.3 is 14.8 Å². The van der Waals surface area contributed by atoms with Crippen LogP contribution in [-0.2, 0) is 11.3 Å². The summed E-state index contributed by atoms with van der Waals surface area (Å²) in [5.41, 5.74) is 4.03. The Kier molecular flexibility index (Phi) is 7.92. The van der Waals surface area contributed by atoms with Gasteiger partial charge in [-0.2, -0.15) is 0 Å². The largest absolute Gasteiger partial charge is 0.492 e. The number of aromatic nitrogens is 3. The maximum Gasteiger partial charge on any atom is 0.274 e. The summed E-state index contributed by atoms with van der Waals surface area (Å²) in [5.74, 6) is 0.550. The van der Waals surface area contributed by atoms with Gasteiger partial charge in [-0.25, -0.2) is 4.68 Å². The predicted octanol–water partition coefficient (Wildman–Crippen LogP) is 3.30. The van der Waals surface area contributed by atoms with E-state index in [4.69, 9.17) is 9.47 Å². The van der Waals surface area contributed by atoms with E-state index in [-0.39, 0.29) is 5.91 Å². The van der Waals surface area contributed by atoms with Crippen LogP contribution in [0.15, 0.2) is 48.5 Å². The molecule has 1 N–H and O–H groups in total. The summed E-state index contributed by atoms with van der Waals surface area (Å²) in [7, 11) is 2.14. The minimum atomic E-state index is -0.250. The molecular formula is C26H33N5O3. The highest BCUT2D eigenvalue weighted by atomic mass is 16.5. The van der Waals surface area contributed by atoms with Crippen LogP contribution in [0.3, 0.4) is 0 Å². The van der Waals surface area contributed by atoms with Crippen molar-refractivity contribution in [2.45, 2.75) is 39.3 Å². The van der Waals surface area contributed by atoms with Gasteiger partial charge in [-0.3, -0.25) is 9.69 Å². The van der Waals surface area contributed by atoms with E-state index in [1.807, 2.05) is 62.4 Å². The Bertz CT molecular complexity index is 1090. The maximum atomic E-state index is 12.7. The summed E-state index contributed by atoms with van der Waals surface area (Å²) < 4.78 is 13.1. The van der Waals surface area contributed by atoms with Crippen LogP contribution < -0.4 is 10.1 Å². The lowest BCUT2D eigenvalue weighted by Crippen LogP contribution is -2.38. The molecule has 2 heterocycles. The molecule has 0 saturated carbocycles. The Labute approximate surface area is 200 Å². The minimum Gasteiger partial charge on any atom is -0.492 e. The van der Waals surface area contributed by atoms with E-state index in [1.54, 1.807) is 4.68 Å². The topological polar surface area (TPSA) is 81.5 Å². The number of likely N-dealkylation sites (N-methyl/N-ethyl adjacent to an activating group) is 1. The molecule has 1 fully saturated rings. The summed E-state index contributed by atoms with van der Waals surface area (Å²) in [6.07, 6.45) is 2.15. The van der Waals surface area contributed by atoms with Gasteiger partial charge in [-0.1, -0.05) is 35.0 Å². The molecule has 1 saturated heterocycles. The third-order valence-electron chi connectivity index (χ3n) is 6.27. The standard InChI is InChI=1S/C26H33N5O3/c1-19-7-9-23(10-8-19)31-20(2)25(28-29-31)26(32)27-18-21-5-4-6-24(17-21)34-16-13-30(3)22-11-14-33-15-12-22/h4-10,17,22H,11-16,18H2,1-3H3,(H,27,32). The minimum absolute atomic E-state index is 0.250. The van der Waals surface area contributed by atoms with Gasteiger partial charge in [0, 0.05) is 32.3 Å². The number of carbonyl (C=O) groups excluding carboxylic acids is 1. The second-order valence-corrected chi connectivity index (χ2v) is 8.77. The van der Waals surface area contributed by atoms with E-state index in [0.29, 0.717) is 30.6 Å². The number of nitrogens with one attached hydrogen (secondary N) is 1. The Hall–Kier alpha value is -3.23. The van der Waals surface area contributed by atoms with Crippen molar-refractivity contribution in [2.24, 2.45) is 0 Å². The number of hydrogen-bond acceptors (Lipinski definition) is 6. The van der Waals surface area contributed by atoms with E-state index in [0.717, 1.165) is 55.2 Å². The van der Waals surface area contributed by atoms with Crippen molar-refractivity contribution in [1.82, 2.24) is 25.2 Å². The van der Waals surface area contributed by atoms with Crippen molar-refractivity contribution < 1.29 is 14.3 Å². The normalized spacial score (nSPS) is 14.4. The van der Waals surface area contributed by atoms with E-state index in [2.05, 4.69) is 27.6 Å². The van der Waals surface area contributed by atoms with Crippen molar-refractivity contribution in [3.63, 3.8) is 0 Å². The van der Waals surface area contributed by atoms with Gasteiger partial charge in [-0.15, -0.1) is 5.10 Å². The van der Waals surface area contributed by atoms with Crippen LogP contribution in [0, 0.1) is 13.8 Å². The Morgan fingerprint density at radius 3 is 2.71 bits per heavy atom. The molecule has 0 unspecified atom stereocenters. The fraction of sp³-hybridized carbons (Fsp3) is 0.423. The van der Waals surface area contributed by atoms with Crippen LogP contribution in [0.25, 0.3) is 5.69 Å². The molecule has 1 aliphatic rings. The zero-order valence-corrected chi connectivity index (χ0v) is 20.2. The SMILES string of the molecule is Cc1ccc(-n2nnc(C(=O)NCc3cccc(OCCN(C)C4CCOCC4)c3)c2C)cc1. The smallest absolute Gasteiger partial charge is 0.274 e. The Balaban J connectivity index is 1.29. The summed E-state index contributed by atoms with van der Waals surface area (Å²) in [6.45, 7) is 7.42. The third kappa shape index (κ3) is 6.01. The number of hydrogen-bond donors (Lipinski definition) is 1. The summed E-state index contributed by atoms with van der Waals surface area (Å²) >= 11 is 0. The number of carbonyl (C=O) groups is 1. The number of benzene rings is 2. The van der Waals surface area contributed by atoms with Crippen LogP contribution in [0.2, 0.25) is 0 Å². The lowest BCUT2D eigenvalue weighted by molar-refractivity contribution is 0.0392. The molecule has 3 aromatic rings. The Morgan fingerprint density at radius 2 is 1.94 bits per heavy atom. The van der Waals surface area contributed by atoms with Crippen LogP contribution in [-0.4, -0.2) is 65.3 Å². The number of amides is 1. The number of aryl methyl sites for hydroxylation is 1. The molecule has 0 atom stereocenters. The first kappa shape index (κ1) is 23.9. The molecule has 180 valence electrons. The quantitative estimate of drug-likeness (QED) is 0.524. The second kappa shape index (κ2) is 11.3. The summed E-state index contributed by atoms with van der Waals surface area (Å²) in [5, 5.41) is 11.2. The zero-order valence-electron chi connectivity index (χ0n) is 20.2. The van der Waals surface area contributed by atoms with E-state index in [9.17, 15) is 4.79 Å². The first-order valence-electron chi connectivity index (χ1n) is 11.8. The van der Waals surface area contributed by atoms with Crippen LogP contribution >= 0.6 is 0 Å². The van der Waals surface area contributed by atoms with Gasteiger partial charge in [0.05, 0.1) is 11.4 Å². The molecule has 2 aromatic carbocycles. The van der Waals surface area contributed by atoms with Gasteiger partial charge >= 0.3 is 0 Å². The second-order valence-electron chi connectivity index (χ2n) is 8.77. The van der Waals surface area contributed by atoms with Gasteiger partial charge in [0.2, 0.25) is 0 Å². The predicted molar refractivity (Wildman–Crippen MR) is 130 cm³/mol. The molecule has 1 amide bonds. The fourth-order valence-corrected chi connectivity index (χ4v) is 4.10. The van der Waals surface area contributed by atoms with Gasteiger partial charge in [-0.05, 0) is 63.6 Å². The third-order valence-corrected chi connectivity index (χ3v) is 6.27. The van der Waals surface area contributed by atoms with E-state index >= 15 is 0 Å². The first-order valence-corrected chi connectivity index (χ1v) is 11.8.